The van der Waals surface area contributed by atoms with Crippen LogP contribution in [-0.4, -0.2) is 78.9 Å². The number of amides is 2. The highest BCUT2D eigenvalue weighted by Crippen LogP contribution is 2.24. The summed E-state index contributed by atoms with van der Waals surface area (Å²) < 4.78 is 25.9. The van der Waals surface area contributed by atoms with Crippen molar-refractivity contribution in [1.82, 2.24) is 14.1 Å². The molecule has 2 amide bonds. The molecule has 0 aromatic heterocycles. The van der Waals surface area contributed by atoms with E-state index in [-0.39, 0.29) is 17.6 Å². The summed E-state index contributed by atoms with van der Waals surface area (Å²) in [6.07, 6.45) is 1.87. The zero-order valence-electron chi connectivity index (χ0n) is 13.3. The van der Waals surface area contributed by atoms with Crippen LogP contribution in [0.4, 0.5) is 0 Å². The Kier molecular flexibility index (Phi) is 5.44. The molecule has 1 atom stereocenters. The van der Waals surface area contributed by atoms with E-state index in [0.717, 1.165) is 6.42 Å². The summed E-state index contributed by atoms with van der Waals surface area (Å²) in [6.45, 7) is 5.79. The van der Waals surface area contributed by atoms with Crippen LogP contribution in [0.25, 0.3) is 0 Å². The van der Waals surface area contributed by atoms with E-state index in [1.54, 1.807) is 9.80 Å². The van der Waals surface area contributed by atoms with Crippen molar-refractivity contribution >= 4 is 21.8 Å². The van der Waals surface area contributed by atoms with Crippen LogP contribution in [0.3, 0.4) is 0 Å². The largest absolute Gasteiger partial charge is 0.339 e. The minimum Gasteiger partial charge on any atom is -0.339 e. The molecule has 0 spiro atoms. The number of piperazine rings is 1. The van der Waals surface area contributed by atoms with Crippen molar-refractivity contribution in [1.29, 1.82) is 0 Å². The van der Waals surface area contributed by atoms with Crippen LogP contribution in [0.2, 0.25) is 0 Å². The number of carbonyl (C=O) groups excluding carboxylic acids is 2. The Hall–Kier alpha value is -1.15. The Labute approximate surface area is 132 Å². The van der Waals surface area contributed by atoms with Crippen molar-refractivity contribution < 1.29 is 18.0 Å². The summed E-state index contributed by atoms with van der Waals surface area (Å²) in [7, 11) is -3.35. The molecule has 2 rings (SSSR count). The van der Waals surface area contributed by atoms with Gasteiger partial charge in [-0.1, -0.05) is 6.92 Å². The molecule has 2 heterocycles. The molecule has 0 aliphatic carbocycles. The van der Waals surface area contributed by atoms with Gasteiger partial charge in [0.25, 0.3) is 0 Å². The Bertz CT molecular complexity index is 526. The fourth-order valence-corrected chi connectivity index (χ4v) is 4.89. The summed E-state index contributed by atoms with van der Waals surface area (Å²) in [4.78, 5) is 27.4. The SMILES string of the molecule is CCCS(=O)(=O)N1CCCC1C(=O)N1CCN(C(C)=O)CC1. The van der Waals surface area contributed by atoms with Crippen LogP contribution in [0.5, 0.6) is 0 Å². The molecule has 2 aliphatic heterocycles. The van der Waals surface area contributed by atoms with Gasteiger partial charge in [0.15, 0.2) is 0 Å². The van der Waals surface area contributed by atoms with Gasteiger partial charge in [-0.25, -0.2) is 8.42 Å². The molecule has 0 aromatic rings. The number of carbonyl (C=O) groups is 2. The number of hydrogen-bond donors (Lipinski definition) is 0. The summed E-state index contributed by atoms with van der Waals surface area (Å²) in [5.74, 6) is -0.00461. The lowest BCUT2D eigenvalue weighted by atomic mass is 10.2. The van der Waals surface area contributed by atoms with E-state index in [1.165, 1.54) is 11.2 Å². The second-order valence-electron chi connectivity index (χ2n) is 5.92. The highest BCUT2D eigenvalue weighted by molar-refractivity contribution is 7.89. The molecule has 2 saturated heterocycles. The molecule has 2 fully saturated rings. The van der Waals surface area contributed by atoms with E-state index < -0.39 is 16.1 Å². The monoisotopic (exact) mass is 331 g/mol. The minimum atomic E-state index is -3.35. The molecule has 0 aromatic carbocycles. The molecule has 0 saturated carbocycles. The summed E-state index contributed by atoms with van der Waals surface area (Å²) in [5.41, 5.74) is 0. The molecule has 0 radical (unpaired) electrons. The van der Waals surface area contributed by atoms with E-state index in [2.05, 4.69) is 0 Å². The quantitative estimate of drug-likeness (QED) is 0.720. The third-order valence-electron chi connectivity index (χ3n) is 4.34. The summed E-state index contributed by atoms with van der Waals surface area (Å²) >= 11 is 0. The van der Waals surface area contributed by atoms with Crippen molar-refractivity contribution in [3.8, 4) is 0 Å². The Morgan fingerprint density at radius 1 is 1.05 bits per heavy atom. The van der Waals surface area contributed by atoms with Gasteiger partial charge in [-0.2, -0.15) is 4.31 Å². The third-order valence-corrected chi connectivity index (χ3v) is 6.42. The van der Waals surface area contributed by atoms with Crippen molar-refractivity contribution in [2.45, 2.75) is 39.2 Å². The average Bonchev–Trinajstić information content (AvgIpc) is 2.97. The fraction of sp³-hybridized carbons (Fsp3) is 0.857. The molecule has 22 heavy (non-hydrogen) atoms. The average molecular weight is 331 g/mol. The van der Waals surface area contributed by atoms with Crippen molar-refractivity contribution in [2.75, 3.05) is 38.5 Å². The highest BCUT2D eigenvalue weighted by Gasteiger charge is 2.40. The van der Waals surface area contributed by atoms with Crippen LogP contribution in [0.1, 0.15) is 33.1 Å². The molecule has 0 N–H and O–H groups in total. The van der Waals surface area contributed by atoms with E-state index in [4.69, 9.17) is 0 Å². The number of sulfonamides is 1. The minimum absolute atomic E-state index is 0.0140. The van der Waals surface area contributed by atoms with Gasteiger partial charge in [0, 0.05) is 39.6 Å². The third kappa shape index (κ3) is 3.60. The van der Waals surface area contributed by atoms with Gasteiger partial charge in [-0.15, -0.1) is 0 Å². The van der Waals surface area contributed by atoms with Crippen molar-refractivity contribution in [2.24, 2.45) is 0 Å². The van der Waals surface area contributed by atoms with Crippen LogP contribution >= 0.6 is 0 Å². The Morgan fingerprint density at radius 2 is 1.64 bits per heavy atom. The van der Waals surface area contributed by atoms with Gasteiger partial charge in [-0.05, 0) is 19.3 Å². The molecule has 8 heteroatoms. The number of hydrogen-bond acceptors (Lipinski definition) is 4. The Balaban J connectivity index is 2.02. The maximum absolute atomic E-state index is 12.7. The molecular weight excluding hydrogens is 306 g/mol. The second-order valence-corrected chi connectivity index (χ2v) is 7.96. The second kappa shape index (κ2) is 6.95. The van der Waals surface area contributed by atoms with Gasteiger partial charge >= 0.3 is 0 Å². The first-order valence-corrected chi connectivity index (χ1v) is 9.51. The molecule has 126 valence electrons. The smallest absolute Gasteiger partial charge is 0.241 e. The zero-order valence-corrected chi connectivity index (χ0v) is 14.1. The fourth-order valence-electron chi connectivity index (χ4n) is 3.15. The lowest BCUT2D eigenvalue weighted by molar-refractivity contribution is -0.140. The van der Waals surface area contributed by atoms with Crippen molar-refractivity contribution in [3.63, 3.8) is 0 Å². The molecule has 2 aliphatic rings. The first-order valence-electron chi connectivity index (χ1n) is 7.90. The number of nitrogens with zero attached hydrogens (tertiary/aromatic N) is 3. The Morgan fingerprint density at radius 3 is 2.18 bits per heavy atom. The van der Waals surface area contributed by atoms with E-state index in [0.29, 0.717) is 45.6 Å². The lowest BCUT2D eigenvalue weighted by Crippen LogP contribution is -2.55. The van der Waals surface area contributed by atoms with Gasteiger partial charge in [0.2, 0.25) is 21.8 Å². The van der Waals surface area contributed by atoms with Gasteiger partial charge in [0.1, 0.15) is 6.04 Å². The topological polar surface area (TPSA) is 78.0 Å². The van der Waals surface area contributed by atoms with E-state index in [1.807, 2.05) is 6.92 Å². The summed E-state index contributed by atoms with van der Waals surface area (Å²) in [5, 5.41) is 0. The molecule has 7 nitrogen and oxygen atoms in total. The normalized spacial score (nSPS) is 23.8. The van der Waals surface area contributed by atoms with Gasteiger partial charge < -0.3 is 9.80 Å². The zero-order chi connectivity index (χ0) is 16.3. The first kappa shape index (κ1) is 17.2. The van der Waals surface area contributed by atoms with Crippen LogP contribution in [0, 0.1) is 0 Å². The van der Waals surface area contributed by atoms with Crippen LogP contribution in [-0.2, 0) is 19.6 Å². The molecule has 0 bridgehead atoms. The molecular formula is C14H25N3O4S. The van der Waals surface area contributed by atoms with Crippen LogP contribution < -0.4 is 0 Å². The maximum Gasteiger partial charge on any atom is 0.241 e. The van der Waals surface area contributed by atoms with E-state index in [9.17, 15) is 18.0 Å². The highest BCUT2D eigenvalue weighted by atomic mass is 32.2. The standard InChI is InChI=1S/C14H25N3O4S/c1-3-11-22(20,21)17-6-4-5-13(17)14(19)16-9-7-15(8-10-16)12(2)18/h13H,3-11H2,1-2H3. The summed E-state index contributed by atoms with van der Waals surface area (Å²) in [6, 6.07) is -0.555. The predicted molar refractivity (Wildman–Crippen MR) is 82.6 cm³/mol. The van der Waals surface area contributed by atoms with Gasteiger partial charge in [-0.3, -0.25) is 9.59 Å². The van der Waals surface area contributed by atoms with E-state index >= 15 is 0 Å². The lowest BCUT2D eigenvalue weighted by Gasteiger charge is -2.36. The number of rotatable bonds is 4. The first-order chi connectivity index (χ1) is 10.4. The maximum atomic E-state index is 12.7. The molecule has 1 unspecified atom stereocenters. The van der Waals surface area contributed by atoms with Gasteiger partial charge in [0.05, 0.1) is 5.75 Å². The predicted octanol–water partition coefficient (Wildman–Crippen LogP) is -0.119. The van der Waals surface area contributed by atoms with Crippen LogP contribution in [0.15, 0.2) is 0 Å². The van der Waals surface area contributed by atoms with Crippen molar-refractivity contribution in [3.05, 3.63) is 0 Å².